The summed E-state index contributed by atoms with van der Waals surface area (Å²) in [5.41, 5.74) is 5.98. The van der Waals surface area contributed by atoms with Gasteiger partial charge in [0.1, 0.15) is 0 Å². The van der Waals surface area contributed by atoms with E-state index in [2.05, 4.69) is 21.2 Å². The molecule has 2 aliphatic heterocycles. The molecule has 0 bridgehead atoms. The third-order valence-corrected chi connectivity index (χ3v) is 7.80. The van der Waals surface area contributed by atoms with Crippen LogP contribution in [0.1, 0.15) is 36.0 Å². The topological polar surface area (TPSA) is 116 Å². The van der Waals surface area contributed by atoms with Crippen LogP contribution < -0.4 is 11.1 Å². The third kappa shape index (κ3) is 6.23. The van der Waals surface area contributed by atoms with Gasteiger partial charge in [0, 0.05) is 42.3 Å². The van der Waals surface area contributed by atoms with Gasteiger partial charge in [-0.25, -0.2) is 4.79 Å². The molecular weight excluding hydrogens is 569 g/mol. The van der Waals surface area contributed by atoms with Crippen molar-refractivity contribution in [3.63, 3.8) is 0 Å². The van der Waals surface area contributed by atoms with Crippen molar-refractivity contribution in [3.8, 4) is 0 Å². The molecule has 0 saturated carbocycles. The van der Waals surface area contributed by atoms with E-state index in [9.17, 15) is 32.7 Å². The van der Waals surface area contributed by atoms with Crippen molar-refractivity contribution in [1.29, 1.82) is 0 Å². The number of nitrogens with zero attached hydrogens (tertiary/aromatic N) is 2. The van der Waals surface area contributed by atoms with Gasteiger partial charge in [-0.2, -0.15) is 13.2 Å². The second kappa shape index (κ2) is 11.2. The Bertz CT molecular complexity index is 1230. The van der Waals surface area contributed by atoms with E-state index >= 15 is 0 Å². The number of halogens is 4. The van der Waals surface area contributed by atoms with Crippen LogP contribution in [-0.2, 0) is 28.6 Å². The summed E-state index contributed by atoms with van der Waals surface area (Å²) >= 11 is 3.01. The molecule has 0 spiro atoms. The van der Waals surface area contributed by atoms with E-state index in [1.54, 1.807) is 9.80 Å². The SMILES string of the molecule is Nc1c(Br)cc(CC(CC(=O)N2CCC(N3CCc4ccccc4NC3=O)CC2)C(=O)O)cc1C(F)(F)F. The predicted octanol–water partition coefficient (Wildman–Crippen LogP) is 4.76. The first-order valence-corrected chi connectivity index (χ1v) is 13.0. The van der Waals surface area contributed by atoms with Gasteiger partial charge in [-0.1, -0.05) is 18.2 Å². The highest BCUT2D eigenvalue weighted by atomic mass is 79.9. The Morgan fingerprint density at radius 3 is 2.50 bits per heavy atom. The smallest absolute Gasteiger partial charge is 0.418 e. The maximum Gasteiger partial charge on any atom is 0.418 e. The summed E-state index contributed by atoms with van der Waals surface area (Å²) in [5.74, 6) is -2.85. The van der Waals surface area contributed by atoms with Crippen LogP contribution in [0.3, 0.4) is 0 Å². The van der Waals surface area contributed by atoms with E-state index in [0.717, 1.165) is 17.3 Å². The minimum Gasteiger partial charge on any atom is -0.481 e. The Hall–Kier alpha value is -3.28. The average molecular weight is 597 g/mol. The lowest BCUT2D eigenvalue weighted by molar-refractivity contribution is -0.146. The highest BCUT2D eigenvalue weighted by molar-refractivity contribution is 9.10. The first-order chi connectivity index (χ1) is 17.9. The number of para-hydroxylation sites is 1. The standard InChI is InChI=1S/C26H28BrF3N4O4/c27-20-13-15(12-19(23(20)31)26(28,29)30)11-17(24(36)37)14-22(35)33-8-6-18(7-9-33)34-10-5-16-3-1-2-4-21(16)32-25(34)38/h1-4,12-13,17-18H,5-11,14,31H2,(H,32,38)(H,36,37). The molecule has 0 aliphatic carbocycles. The van der Waals surface area contributed by atoms with Crippen LogP contribution in [0.15, 0.2) is 40.9 Å². The number of rotatable bonds is 6. The first kappa shape index (κ1) is 27.7. The molecule has 4 rings (SSSR count). The number of nitrogens with two attached hydrogens (primary N) is 1. The number of nitrogens with one attached hydrogen (secondary N) is 1. The number of hydrogen-bond donors (Lipinski definition) is 3. The lowest BCUT2D eigenvalue weighted by Crippen LogP contribution is -2.50. The summed E-state index contributed by atoms with van der Waals surface area (Å²) in [6.07, 6.45) is -3.49. The second-order valence-corrected chi connectivity index (χ2v) is 10.5. The van der Waals surface area contributed by atoms with Gasteiger partial charge in [-0.15, -0.1) is 0 Å². The number of anilines is 2. The Labute approximate surface area is 226 Å². The summed E-state index contributed by atoms with van der Waals surface area (Å²) in [5, 5.41) is 12.6. The van der Waals surface area contributed by atoms with Crippen LogP contribution in [0, 0.1) is 5.92 Å². The molecule has 0 aromatic heterocycles. The molecule has 1 atom stereocenters. The molecule has 2 heterocycles. The number of fused-ring (bicyclic) bond motifs is 1. The van der Waals surface area contributed by atoms with Gasteiger partial charge in [0.25, 0.3) is 0 Å². The zero-order chi connectivity index (χ0) is 27.6. The van der Waals surface area contributed by atoms with Crippen molar-refractivity contribution in [1.82, 2.24) is 9.80 Å². The van der Waals surface area contributed by atoms with Gasteiger partial charge < -0.3 is 26.0 Å². The summed E-state index contributed by atoms with van der Waals surface area (Å²) in [6, 6.07) is 9.57. The minimum absolute atomic E-state index is 0.0144. The number of aliphatic carboxylic acids is 1. The summed E-state index contributed by atoms with van der Waals surface area (Å²) in [7, 11) is 0. The number of likely N-dealkylation sites (tertiary alicyclic amines) is 1. The molecule has 8 nitrogen and oxygen atoms in total. The number of piperidine rings is 1. The van der Waals surface area contributed by atoms with E-state index in [1.165, 1.54) is 6.07 Å². The van der Waals surface area contributed by atoms with E-state index in [0.29, 0.717) is 38.9 Å². The molecule has 2 aliphatic rings. The van der Waals surface area contributed by atoms with Crippen molar-refractivity contribution in [2.45, 2.75) is 44.3 Å². The molecule has 3 amide bonds. The van der Waals surface area contributed by atoms with E-state index in [4.69, 9.17) is 5.73 Å². The number of hydrogen-bond acceptors (Lipinski definition) is 4. The molecule has 12 heteroatoms. The van der Waals surface area contributed by atoms with Crippen LogP contribution >= 0.6 is 15.9 Å². The first-order valence-electron chi connectivity index (χ1n) is 12.2. The van der Waals surface area contributed by atoms with Crippen LogP contribution in [0.25, 0.3) is 0 Å². The van der Waals surface area contributed by atoms with E-state index < -0.39 is 29.3 Å². The number of carboxylic acid groups (broad SMARTS) is 1. The maximum absolute atomic E-state index is 13.3. The van der Waals surface area contributed by atoms with Crippen LogP contribution in [0.2, 0.25) is 0 Å². The fraction of sp³-hybridized carbons (Fsp3) is 0.423. The molecule has 204 valence electrons. The highest BCUT2D eigenvalue weighted by Gasteiger charge is 2.36. The number of benzene rings is 2. The summed E-state index contributed by atoms with van der Waals surface area (Å²) in [4.78, 5) is 41.0. The van der Waals surface area contributed by atoms with Gasteiger partial charge in [-0.3, -0.25) is 9.59 Å². The normalized spacial score (nSPS) is 17.4. The number of urea groups is 1. The summed E-state index contributed by atoms with van der Waals surface area (Å²) < 4.78 is 40.0. The van der Waals surface area contributed by atoms with E-state index in [1.807, 2.05) is 24.3 Å². The molecule has 1 saturated heterocycles. The molecule has 1 unspecified atom stereocenters. The number of amides is 3. The molecule has 2 aromatic rings. The van der Waals surface area contributed by atoms with Crippen molar-refractivity contribution in [2.24, 2.45) is 5.92 Å². The highest BCUT2D eigenvalue weighted by Crippen LogP contribution is 2.38. The molecule has 38 heavy (non-hydrogen) atoms. The zero-order valence-corrected chi connectivity index (χ0v) is 22.0. The van der Waals surface area contributed by atoms with Gasteiger partial charge in [0.15, 0.2) is 0 Å². The lowest BCUT2D eigenvalue weighted by atomic mass is 9.93. The van der Waals surface area contributed by atoms with Crippen molar-refractivity contribution in [2.75, 3.05) is 30.7 Å². The molecule has 0 radical (unpaired) electrons. The quantitative estimate of drug-likeness (QED) is 0.416. The molecule has 2 aromatic carbocycles. The van der Waals surface area contributed by atoms with Crippen molar-refractivity contribution < 1.29 is 32.7 Å². The third-order valence-electron chi connectivity index (χ3n) is 7.15. The number of carbonyl (C=O) groups is 3. The fourth-order valence-electron chi connectivity index (χ4n) is 5.06. The minimum atomic E-state index is -4.70. The Kier molecular flexibility index (Phi) is 8.19. The monoisotopic (exact) mass is 596 g/mol. The van der Waals surface area contributed by atoms with Gasteiger partial charge in [-0.05, 0) is 70.9 Å². The Morgan fingerprint density at radius 2 is 1.84 bits per heavy atom. The summed E-state index contributed by atoms with van der Waals surface area (Å²) in [6.45, 7) is 1.27. The fourth-order valence-corrected chi connectivity index (χ4v) is 5.57. The zero-order valence-electron chi connectivity index (χ0n) is 20.4. The number of carbonyl (C=O) groups excluding carboxylic acids is 2. The number of nitrogen functional groups attached to an aromatic ring is 1. The van der Waals surface area contributed by atoms with Crippen molar-refractivity contribution in [3.05, 3.63) is 57.6 Å². The number of carboxylic acids is 1. The Balaban J connectivity index is 1.36. The van der Waals surface area contributed by atoms with Crippen LogP contribution in [0.4, 0.5) is 29.3 Å². The Morgan fingerprint density at radius 1 is 1.16 bits per heavy atom. The lowest BCUT2D eigenvalue weighted by Gasteiger charge is -2.38. The van der Waals surface area contributed by atoms with Gasteiger partial charge >= 0.3 is 18.2 Å². The predicted molar refractivity (Wildman–Crippen MR) is 138 cm³/mol. The van der Waals surface area contributed by atoms with Crippen LogP contribution in [-0.4, -0.2) is 58.5 Å². The molecular formula is C26H28BrF3N4O4. The second-order valence-electron chi connectivity index (χ2n) is 9.62. The maximum atomic E-state index is 13.3. The van der Waals surface area contributed by atoms with Crippen molar-refractivity contribution >= 4 is 45.2 Å². The van der Waals surface area contributed by atoms with E-state index in [-0.39, 0.29) is 40.9 Å². The number of alkyl halides is 3. The van der Waals surface area contributed by atoms with Gasteiger partial charge in [0.05, 0.1) is 17.2 Å². The van der Waals surface area contributed by atoms with Crippen LogP contribution in [0.5, 0.6) is 0 Å². The average Bonchev–Trinajstić information content (AvgIpc) is 3.03. The largest absolute Gasteiger partial charge is 0.481 e. The molecule has 4 N–H and O–H groups in total. The molecule has 1 fully saturated rings. The van der Waals surface area contributed by atoms with Gasteiger partial charge in [0.2, 0.25) is 5.91 Å².